The van der Waals surface area contributed by atoms with E-state index in [2.05, 4.69) is 4.98 Å². The Morgan fingerprint density at radius 1 is 1.00 bits per heavy atom. The Bertz CT molecular complexity index is 723. The van der Waals surface area contributed by atoms with Gasteiger partial charge in [0.15, 0.2) is 0 Å². The van der Waals surface area contributed by atoms with Crippen molar-refractivity contribution in [2.45, 2.75) is 0 Å². The summed E-state index contributed by atoms with van der Waals surface area (Å²) in [7, 11) is 1.64. The van der Waals surface area contributed by atoms with E-state index < -0.39 is 0 Å². The van der Waals surface area contributed by atoms with Crippen LogP contribution in [-0.4, -0.2) is 17.2 Å². The van der Waals surface area contributed by atoms with E-state index in [9.17, 15) is 5.11 Å². The highest BCUT2D eigenvalue weighted by molar-refractivity contribution is 5.88. The van der Waals surface area contributed by atoms with E-state index in [4.69, 9.17) is 4.74 Å². The number of ether oxygens (including phenoxy) is 1. The topological polar surface area (TPSA) is 42.4 Å². The molecule has 3 aromatic rings. The lowest BCUT2D eigenvalue weighted by Crippen LogP contribution is -1.91. The van der Waals surface area contributed by atoms with Crippen LogP contribution < -0.4 is 4.74 Å². The molecule has 3 rings (SSSR count). The minimum Gasteiger partial charge on any atom is -0.508 e. The molecule has 0 atom stereocenters. The molecule has 0 aliphatic rings. The molecule has 1 aromatic heterocycles. The van der Waals surface area contributed by atoms with Crippen LogP contribution in [-0.2, 0) is 0 Å². The van der Waals surface area contributed by atoms with Crippen LogP contribution in [0.15, 0.2) is 54.6 Å². The summed E-state index contributed by atoms with van der Waals surface area (Å²) in [4.78, 5) is 4.57. The fourth-order valence-corrected chi connectivity index (χ4v) is 2.11. The Balaban J connectivity index is 2.27. The van der Waals surface area contributed by atoms with Crippen molar-refractivity contribution in [1.29, 1.82) is 0 Å². The number of rotatable bonds is 2. The van der Waals surface area contributed by atoms with Crippen molar-refractivity contribution in [2.24, 2.45) is 0 Å². The minimum absolute atomic E-state index is 0.201. The molecule has 0 aliphatic carbocycles. The second kappa shape index (κ2) is 4.61. The number of methoxy groups -OCH3 is 1. The van der Waals surface area contributed by atoms with Gasteiger partial charge in [-0.1, -0.05) is 30.3 Å². The van der Waals surface area contributed by atoms with E-state index >= 15 is 0 Å². The highest BCUT2D eigenvalue weighted by atomic mass is 16.5. The van der Waals surface area contributed by atoms with Crippen LogP contribution in [0.5, 0.6) is 11.5 Å². The van der Waals surface area contributed by atoms with E-state index in [1.807, 2.05) is 42.5 Å². The Hall–Kier alpha value is -2.55. The van der Waals surface area contributed by atoms with E-state index in [0.717, 1.165) is 27.9 Å². The molecule has 1 N–H and O–H groups in total. The van der Waals surface area contributed by atoms with Crippen molar-refractivity contribution in [1.82, 2.24) is 4.98 Å². The standard InChI is InChI=1S/C16H13NO2/c1-19-16-10-14(11-5-3-2-4-6-11)17-15-9-12(18)7-8-13(15)16/h2-10,18H,1H3. The number of phenols is 1. The summed E-state index contributed by atoms with van der Waals surface area (Å²) < 4.78 is 5.41. The molecule has 1 heterocycles. The fraction of sp³-hybridized carbons (Fsp3) is 0.0625. The molecule has 3 nitrogen and oxygen atoms in total. The first-order valence-corrected chi connectivity index (χ1v) is 6.01. The van der Waals surface area contributed by atoms with Gasteiger partial charge in [0.25, 0.3) is 0 Å². The van der Waals surface area contributed by atoms with Gasteiger partial charge in [-0.15, -0.1) is 0 Å². The molecule has 3 heteroatoms. The Kier molecular flexibility index (Phi) is 2.80. The summed E-state index contributed by atoms with van der Waals surface area (Å²) in [5.74, 6) is 0.955. The number of pyridine rings is 1. The highest BCUT2D eigenvalue weighted by Crippen LogP contribution is 2.31. The number of aromatic nitrogens is 1. The molecular formula is C16H13NO2. The second-order valence-corrected chi connectivity index (χ2v) is 4.28. The summed E-state index contributed by atoms with van der Waals surface area (Å²) in [5, 5.41) is 10.5. The van der Waals surface area contributed by atoms with Gasteiger partial charge < -0.3 is 9.84 Å². The molecule has 0 amide bonds. The van der Waals surface area contributed by atoms with Gasteiger partial charge in [0, 0.05) is 23.1 Å². The van der Waals surface area contributed by atoms with E-state index in [0.29, 0.717) is 0 Å². The number of phenolic OH excluding ortho intramolecular Hbond substituents is 1. The summed E-state index contributed by atoms with van der Waals surface area (Å²) in [5.41, 5.74) is 2.57. The van der Waals surface area contributed by atoms with Crippen LogP contribution in [0.1, 0.15) is 0 Å². The number of fused-ring (bicyclic) bond motifs is 1. The molecule has 0 aliphatic heterocycles. The minimum atomic E-state index is 0.201. The Labute approximate surface area is 111 Å². The van der Waals surface area contributed by atoms with Crippen molar-refractivity contribution in [3.8, 4) is 22.8 Å². The zero-order chi connectivity index (χ0) is 13.2. The zero-order valence-electron chi connectivity index (χ0n) is 10.5. The van der Waals surface area contributed by atoms with Gasteiger partial charge in [0.1, 0.15) is 11.5 Å². The lowest BCUT2D eigenvalue weighted by molar-refractivity contribution is 0.419. The van der Waals surface area contributed by atoms with Gasteiger partial charge in [-0.25, -0.2) is 4.98 Å². The maximum atomic E-state index is 9.57. The smallest absolute Gasteiger partial charge is 0.130 e. The van der Waals surface area contributed by atoms with Crippen LogP contribution >= 0.6 is 0 Å². The van der Waals surface area contributed by atoms with Gasteiger partial charge in [-0.05, 0) is 12.1 Å². The van der Waals surface area contributed by atoms with Gasteiger partial charge in [-0.3, -0.25) is 0 Å². The van der Waals surface area contributed by atoms with Crippen LogP contribution in [0.3, 0.4) is 0 Å². The maximum Gasteiger partial charge on any atom is 0.130 e. The maximum absolute atomic E-state index is 9.57. The molecule has 0 bridgehead atoms. The SMILES string of the molecule is COc1cc(-c2ccccc2)nc2cc(O)ccc12. The van der Waals surface area contributed by atoms with Crippen LogP contribution in [0.2, 0.25) is 0 Å². The number of aromatic hydroxyl groups is 1. The second-order valence-electron chi connectivity index (χ2n) is 4.28. The van der Waals surface area contributed by atoms with E-state index in [1.165, 1.54) is 0 Å². The average molecular weight is 251 g/mol. The van der Waals surface area contributed by atoms with Gasteiger partial charge >= 0.3 is 0 Å². The third kappa shape index (κ3) is 2.10. The predicted octanol–water partition coefficient (Wildman–Crippen LogP) is 3.62. The molecule has 0 saturated heterocycles. The quantitative estimate of drug-likeness (QED) is 0.756. The first-order valence-electron chi connectivity index (χ1n) is 6.01. The summed E-state index contributed by atoms with van der Waals surface area (Å²) >= 11 is 0. The normalized spacial score (nSPS) is 10.6. The van der Waals surface area contributed by atoms with E-state index in [1.54, 1.807) is 19.2 Å². The lowest BCUT2D eigenvalue weighted by atomic mass is 10.1. The molecule has 0 fully saturated rings. The van der Waals surface area contributed by atoms with Crippen molar-refractivity contribution in [3.63, 3.8) is 0 Å². The third-order valence-corrected chi connectivity index (χ3v) is 3.04. The molecule has 0 saturated carbocycles. The first kappa shape index (κ1) is 11.5. The van der Waals surface area contributed by atoms with Gasteiger partial charge in [0.05, 0.1) is 18.3 Å². The van der Waals surface area contributed by atoms with Crippen LogP contribution in [0.25, 0.3) is 22.2 Å². The number of nitrogens with zero attached hydrogens (tertiary/aromatic N) is 1. The zero-order valence-corrected chi connectivity index (χ0v) is 10.5. The average Bonchev–Trinajstić information content (AvgIpc) is 2.46. The molecular weight excluding hydrogens is 238 g/mol. The fourth-order valence-electron chi connectivity index (χ4n) is 2.11. The van der Waals surface area contributed by atoms with Crippen molar-refractivity contribution in [3.05, 3.63) is 54.6 Å². The van der Waals surface area contributed by atoms with Crippen LogP contribution in [0.4, 0.5) is 0 Å². The number of hydrogen-bond donors (Lipinski definition) is 1. The number of benzene rings is 2. The monoisotopic (exact) mass is 251 g/mol. The summed E-state index contributed by atoms with van der Waals surface area (Å²) in [6, 6.07) is 16.9. The van der Waals surface area contributed by atoms with Gasteiger partial charge in [-0.2, -0.15) is 0 Å². The largest absolute Gasteiger partial charge is 0.508 e. The van der Waals surface area contributed by atoms with Crippen molar-refractivity contribution >= 4 is 10.9 Å². The van der Waals surface area contributed by atoms with Crippen molar-refractivity contribution < 1.29 is 9.84 Å². The van der Waals surface area contributed by atoms with Gasteiger partial charge in [0.2, 0.25) is 0 Å². The Morgan fingerprint density at radius 2 is 1.79 bits per heavy atom. The molecule has 94 valence electrons. The summed E-state index contributed by atoms with van der Waals surface area (Å²) in [6.07, 6.45) is 0. The molecule has 0 spiro atoms. The van der Waals surface area contributed by atoms with E-state index in [-0.39, 0.29) is 5.75 Å². The Morgan fingerprint density at radius 3 is 2.53 bits per heavy atom. The highest BCUT2D eigenvalue weighted by Gasteiger charge is 2.08. The summed E-state index contributed by atoms with van der Waals surface area (Å²) in [6.45, 7) is 0. The molecule has 19 heavy (non-hydrogen) atoms. The predicted molar refractivity (Wildman–Crippen MR) is 75.4 cm³/mol. The lowest BCUT2D eigenvalue weighted by Gasteiger charge is -2.09. The van der Waals surface area contributed by atoms with Crippen LogP contribution in [0, 0.1) is 0 Å². The molecule has 0 radical (unpaired) electrons. The first-order chi connectivity index (χ1) is 9.28. The van der Waals surface area contributed by atoms with Crippen molar-refractivity contribution in [2.75, 3.05) is 7.11 Å². The third-order valence-electron chi connectivity index (χ3n) is 3.04. The molecule has 0 unspecified atom stereocenters. The number of hydrogen-bond acceptors (Lipinski definition) is 3. The molecule has 2 aromatic carbocycles.